The Hall–Kier alpha value is -2.10. The number of nitrogens with zero attached hydrogens (tertiary/aromatic N) is 1. The van der Waals surface area contributed by atoms with Crippen LogP contribution in [0, 0.1) is 0 Å². The third-order valence-electron chi connectivity index (χ3n) is 2.18. The van der Waals surface area contributed by atoms with Crippen molar-refractivity contribution in [1.82, 2.24) is 5.16 Å². The number of para-hydroxylation sites is 1. The highest BCUT2D eigenvalue weighted by molar-refractivity contribution is 6.02. The van der Waals surface area contributed by atoms with Crippen LogP contribution in [0.5, 0.6) is 0 Å². The molecule has 16 heavy (non-hydrogen) atoms. The number of anilines is 1. The van der Waals surface area contributed by atoms with Gasteiger partial charge in [-0.1, -0.05) is 30.3 Å². The first-order valence-electron chi connectivity index (χ1n) is 5.11. The van der Waals surface area contributed by atoms with E-state index in [2.05, 4.69) is 10.5 Å². The highest BCUT2D eigenvalue weighted by atomic mass is 16.5. The third-order valence-corrected chi connectivity index (χ3v) is 2.18. The SMILES string of the molecule is CCc1cc(C(=O)Nc2ccccc2)on1. The van der Waals surface area contributed by atoms with Gasteiger partial charge in [-0.2, -0.15) is 0 Å². The molecule has 0 saturated carbocycles. The summed E-state index contributed by atoms with van der Waals surface area (Å²) in [5, 5.41) is 6.48. The van der Waals surface area contributed by atoms with Crippen molar-refractivity contribution >= 4 is 11.6 Å². The molecule has 2 aromatic rings. The maximum Gasteiger partial charge on any atom is 0.294 e. The molecule has 1 aromatic carbocycles. The van der Waals surface area contributed by atoms with Crippen LogP contribution in [-0.4, -0.2) is 11.1 Å². The van der Waals surface area contributed by atoms with Crippen molar-refractivity contribution in [3.05, 3.63) is 47.9 Å². The van der Waals surface area contributed by atoms with Gasteiger partial charge in [0, 0.05) is 11.8 Å². The average molecular weight is 216 g/mol. The van der Waals surface area contributed by atoms with Crippen LogP contribution in [0.4, 0.5) is 5.69 Å². The Morgan fingerprint density at radius 3 is 2.75 bits per heavy atom. The minimum Gasteiger partial charge on any atom is -0.351 e. The maximum absolute atomic E-state index is 11.7. The number of amides is 1. The number of hydrogen-bond donors (Lipinski definition) is 1. The Morgan fingerprint density at radius 2 is 2.12 bits per heavy atom. The molecule has 0 aliphatic heterocycles. The topological polar surface area (TPSA) is 55.1 Å². The molecule has 1 amide bonds. The molecule has 0 bridgehead atoms. The molecule has 0 fully saturated rings. The van der Waals surface area contributed by atoms with Gasteiger partial charge in [-0.15, -0.1) is 0 Å². The van der Waals surface area contributed by atoms with E-state index in [0.29, 0.717) is 0 Å². The molecule has 0 unspecified atom stereocenters. The maximum atomic E-state index is 11.7. The molecule has 1 aromatic heterocycles. The molecule has 0 saturated heterocycles. The Bertz CT molecular complexity index is 477. The van der Waals surface area contributed by atoms with E-state index < -0.39 is 0 Å². The van der Waals surface area contributed by atoms with E-state index in [9.17, 15) is 4.79 Å². The predicted molar refractivity (Wildman–Crippen MR) is 60.3 cm³/mol. The lowest BCUT2D eigenvalue weighted by atomic mass is 10.3. The molecule has 0 atom stereocenters. The van der Waals surface area contributed by atoms with Gasteiger partial charge in [-0.3, -0.25) is 4.79 Å². The Balaban J connectivity index is 2.09. The van der Waals surface area contributed by atoms with Crippen molar-refractivity contribution in [2.24, 2.45) is 0 Å². The normalized spacial score (nSPS) is 10.1. The smallest absolute Gasteiger partial charge is 0.294 e. The minimum absolute atomic E-state index is 0.237. The number of benzene rings is 1. The Labute approximate surface area is 93.3 Å². The first-order valence-corrected chi connectivity index (χ1v) is 5.11. The quantitative estimate of drug-likeness (QED) is 0.857. The minimum atomic E-state index is -0.279. The summed E-state index contributed by atoms with van der Waals surface area (Å²) in [5.41, 5.74) is 1.51. The summed E-state index contributed by atoms with van der Waals surface area (Å²) in [6.07, 6.45) is 0.752. The van der Waals surface area contributed by atoms with E-state index in [-0.39, 0.29) is 11.7 Å². The van der Waals surface area contributed by atoms with Crippen molar-refractivity contribution in [2.75, 3.05) is 5.32 Å². The third kappa shape index (κ3) is 2.28. The van der Waals surface area contributed by atoms with Crippen molar-refractivity contribution in [2.45, 2.75) is 13.3 Å². The van der Waals surface area contributed by atoms with Gasteiger partial charge in [-0.25, -0.2) is 0 Å². The summed E-state index contributed by atoms with van der Waals surface area (Å²) in [6.45, 7) is 1.96. The van der Waals surface area contributed by atoms with Gasteiger partial charge in [-0.05, 0) is 18.6 Å². The first kappa shape index (κ1) is 10.4. The number of aromatic nitrogens is 1. The first-order chi connectivity index (χ1) is 7.79. The fourth-order valence-electron chi connectivity index (χ4n) is 1.30. The van der Waals surface area contributed by atoms with Gasteiger partial charge >= 0.3 is 0 Å². The summed E-state index contributed by atoms with van der Waals surface area (Å²) in [7, 11) is 0. The van der Waals surface area contributed by atoms with Crippen molar-refractivity contribution in [3.8, 4) is 0 Å². The largest absolute Gasteiger partial charge is 0.351 e. The van der Waals surface area contributed by atoms with Crippen molar-refractivity contribution < 1.29 is 9.32 Å². The molecule has 1 N–H and O–H groups in total. The number of hydrogen-bond acceptors (Lipinski definition) is 3. The lowest BCUT2D eigenvalue weighted by Crippen LogP contribution is -2.10. The van der Waals surface area contributed by atoms with Crippen molar-refractivity contribution in [3.63, 3.8) is 0 Å². The van der Waals surface area contributed by atoms with E-state index in [1.54, 1.807) is 6.07 Å². The standard InChI is InChI=1S/C12H12N2O2/c1-2-9-8-11(16-14-9)12(15)13-10-6-4-3-5-7-10/h3-8H,2H2,1H3,(H,13,15). The van der Waals surface area contributed by atoms with E-state index in [0.717, 1.165) is 17.8 Å². The highest BCUT2D eigenvalue weighted by Crippen LogP contribution is 2.09. The van der Waals surface area contributed by atoms with Crippen LogP contribution < -0.4 is 5.32 Å². The van der Waals surface area contributed by atoms with Crippen LogP contribution in [0.15, 0.2) is 40.9 Å². The molecular formula is C12H12N2O2. The summed E-state index contributed by atoms with van der Waals surface area (Å²) >= 11 is 0. The highest BCUT2D eigenvalue weighted by Gasteiger charge is 2.11. The zero-order chi connectivity index (χ0) is 11.4. The van der Waals surface area contributed by atoms with E-state index >= 15 is 0 Å². The molecular weight excluding hydrogens is 204 g/mol. The number of carbonyl (C=O) groups excluding carboxylic acids is 1. The molecule has 2 rings (SSSR count). The molecule has 1 heterocycles. The van der Waals surface area contributed by atoms with Crippen LogP contribution in [-0.2, 0) is 6.42 Å². The van der Waals surface area contributed by atoms with Crippen LogP contribution in [0.25, 0.3) is 0 Å². The molecule has 82 valence electrons. The fraction of sp³-hybridized carbons (Fsp3) is 0.167. The lowest BCUT2D eigenvalue weighted by molar-refractivity contribution is 0.0988. The second kappa shape index (κ2) is 4.61. The molecule has 0 aliphatic carbocycles. The van der Waals surface area contributed by atoms with Gasteiger partial charge in [0.05, 0.1) is 5.69 Å². The summed E-state index contributed by atoms with van der Waals surface area (Å²) in [5.74, 6) is -0.0425. The number of carbonyl (C=O) groups is 1. The predicted octanol–water partition coefficient (Wildman–Crippen LogP) is 2.49. The number of aryl methyl sites for hydroxylation is 1. The molecule has 0 radical (unpaired) electrons. The van der Waals surface area contributed by atoms with Crippen LogP contribution in [0.2, 0.25) is 0 Å². The van der Waals surface area contributed by atoms with Crippen LogP contribution in [0.3, 0.4) is 0 Å². The average Bonchev–Trinajstić information content (AvgIpc) is 2.79. The fourth-order valence-corrected chi connectivity index (χ4v) is 1.30. The van der Waals surface area contributed by atoms with Crippen LogP contribution >= 0.6 is 0 Å². The monoisotopic (exact) mass is 216 g/mol. The van der Waals surface area contributed by atoms with Gasteiger partial charge in [0.2, 0.25) is 5.76 Å². The molecule has 0 aliphatic rings. The van der Waals surface area contributed by atoms with Gasteiger partial charge in [0.1, 0.15) is 0 Å². The van der Waals surface area contributed by atoms with Gasteiger partial charge < -0.3 is 9.84 Å². The van der Waals surface area contributed by atoms with E-state index in [1.165, 1.54) is 0 Å². The number of rotatable bonds is 3. The van der Waals surface area contributed by atoms with E-state index in [4.69, 9.17) is 4.52 Å². The van der Waals surface area contributed by atoms with Gasteiger partial charge in [0.15, 0.2) is 0 Å². The molecule has 0 spiro atoms. The summed E-state index contributed by atoms with van der Waals surface area (Å²) in [4.78, 5) is 11.7. The lowest BCUT2D eigenvalue weighted by Gasteiger charge is -2.00. The molecule has 4 nitrogen and oxygen atoms in total. The summed E-state index contributed by atoms with van der Waals surface area (Å²) < 4.78 is 4.93. The van der Waals surface area contributed by atoms with E-state index in [1.807, 2.05) is 37.3 Å². The number of nitrogens with one attached hydrogen (secondary N) is 1. The second-order valence-electron chi connectivity index (χ2n) is 3.36. The summed E-state index contributed by atoms with van der Waals surface area (Å²) in [6, 6.07) is 10.9. The zero-order valence-electron chi connectivity index (χ0n) is 8.93. The zero-order valence-corrected chi connectivity index (χ0v) is 8.93. The van der Waals surface area contributed by atoms with Crippen LogP contribution in [0.1, 0.15) is 23.2 Å². The van der Waals surface area contributed by atoms with Crippen molar-refractivity contribution in [1.29, 1.82) is 0 Å². The second-order valence-corrected chi connectivity index (χ2v) is 3.36. The Morgan fingerprint density at radius 1 is 1.38 bits per heavy atom. The molecule has 4 heteroatoms. The Kier molecular flexibility index (Phi) is 3.00. The van der Waals surface area contributed by atoms with Gasteiger partial charge in [0.25, 0.3) is 5.91 Å².